The number of alkyl halides is 1. The van der Waals surface area contributed by atoms with Gasteiger partial charge in [0.25, 0.3) is 0 Å². The summed E-state index contributed by atoms with van der Waals surface area (Å²) in [6, 6.07) is 0. The lowest BCUT2D eigenvalue weighted by atomic mass is 10.3. The van der Waals surface area contributed by atoms with Gasteiger partial charge in [-0.1, -0.05) is 48.7 Å². The fourth-order valence-corrected chi connectivity index (χ4v) is 0.763. The van der Waals surface area contributed by atoms with E-state index < -0.39 is 0 Å². The third kappa shape index (κ3) is 5.41. The standard InChI is InChI=1S/C10H16IN/c1-5-6-7-8(2)12-10(4)9(3)11/h6-7,9,12H,2,4-5H2,1,3H3/b7-6-/t9-/m1/s1. The number of rotatable bonds is 5. The SMILES string of the molecule is C=C(/C=C\CC)NC(=C)[C@@H](C)I. The summed E-state index contributed by atoms with van der Waals surface area (Å²) in [5.74, 6) is 0. The quantitative estimate of drug-likeness (QED) is 0.461. The summed E-state index contributed by atoms with van der Waals surface area (Å²) in [7, 11) is 0. The van der Waals surface area contributed by atoms with Crippen molar-refractivity contribution >= 4 is 22.6 Å². The summed E-state index contributed by atoms with van der Waals surface area (Å²) in [5.41, 5.74) is 1.91. The molecule has 12 heavy (non-hydrogen) atoms. The van der Waals surface area contributed by atoms with Crippen LogP contribution >= 0.6 is 22.6 Å². The van der Waals surface area contributed by atoms with Crippen molar-refractivity contribution in [3.63, 3.8) is 0 Å². The Morgan fingerprint density at radius 3 is 2.58 bits per heavy atom. The molecule has 0 aromatic rings. The summed E-state index contributed by atoms with van der Waals surface area (Å²) in [6.45, 7) is 11.9. The van der Waals surface area contributed by atoms with Crippen molar-refractivity contribution in [3.05, 3.63) is 36.7 Å². The van der Waals surface area contributed by atoms with E-state index in [9.17, 15) is 0 Å². The lowest BCUT2D eigenvalue weighted by Crippen LogP contribution is -2.15. The third-order valence-electron chi connectivity index (χ3n) is 1.36. The van der Waals surface area contributed by atoms with Crippen LogP contribution in [-0.4, -0.2) is 3.92 Å². The summed E-state index contributed by atoms with van der Waals surface area (Å²) < 4.78 is 0.425. The lowest BCUT2D eigenvalue weighted by Gasteiger charge is -2.10. The van der Waals surface area contributed by atoms with Crippen molar-refractivity contribution in [1.82, 2.24) is 5.32 Å². The minimum atomic E-state index is 0.425. The Kier molecular flexibility index (Phi) is 6.16. The number of nitrogens with one attached hydrogen (secondary N) is 1. The summed E-state index contributed by atoms with van der Waals surface area (Å²) in [4.78, 5) is 0. The van der Waals surface area contributed by atoms with Crippen LogP contribution in [0.5, 0.6) is 0 Å². The van der Waals surface area contributed by atoms with Crippen LogP contribution in [0.3, 0.4) is 0 Å². The van der Waals surface area contributed by atoms with Gasteiger partial charge in [0.05, 0.1) is 0 Å². The van der Waals surface area contributed by atoms with E-state index in [4.69, 9.17) is 0 Å². The maximum Gasteiger partial charge on any atom is 0.0476 e. The molecule has 0 bridgehead atoms. The molecule has 0 saturated carbocycles. The number of hydrogen-bond acceptors (Lipinski definition) is 1. The molecule has 1 atom stereocenters. The molecule has 1 nitrogen and oxygen atoms in total. The zero-order chi connectivity index (χ0) is 9.56. The molecule has 0 radical (unpaired) electrons. The molecule has 0 aliphatic heterocycles. The Labute approximate surface area is 88.8 Å². The first kappa shape index (κ1) is 11.8. The van der Waals surface area contributed by atoms with E-state index in [2.05, 4.69) is 61.0 Å². The zero-order valence-corrected chi connectivity index (χ0v) is 9.89. The molecule has 0 spiro atoms. The maximum atomic E-state index is 3.89. The van der Waals surface area contributed by atoms with Crippen LogP contribution in [0, 0.1) is 0 Å². The number of halogens is 1. The van der Waals surface area contributed by atoms with Crippen molar-refractivity contribution in [3.8, 4) is 0 Å². The Hall–Kier alpha value is -0.250. The van der Waals surface area contributed by atoms with E-state index in [0.717, 1.165) is 17.8 Å². The third-order valence-corrected chi connectivity index (χ3v) is 2.11. The summed E-state index contributed by atoms with van der Waals surface area (Å²) in [6.07, 6.45) is 5.08. The minimum absolute atomic E-state index is 0.425. The molecule has 68 valence electrons. The first-order valence-electron chi connectivity index (χ1n) is 4.03. The maximum absolute atomic E-state index is 3.89. The van der Waals surface area contributed by atoms with Crippen molar-refractivity contribution in [2.24, 2.45) is 0 Å². The van der Waals surface area contributed by atoms with Gasteiger partial charge in [0, 0.05) is 15.3 Å². The normalized spacial score (nSPS) is 12.9. The van der Waals surface area contributed by atoms with Crippen LogP contribution in [0.15, 0.2) is 36.7 Å². The van der Waals surface area contributed by atoms with Gasteiger partial charge in [-0.25, -0.2) is 0 Å². The van der Waals surface area contributed by atoms with E-state index in [0.29, 0.717) is 3.92 Å². The second-order valence-corrected chi connectivity index (χ2v) is 4.47. The van der Waals surface area contributed by atoms with Crippen molar-refractivity contribution < 1.29 is 0 Å². The average molecular weight is 277 g/mol. The van der Waals surface area contributed by atoms with Gasteiger partial charge < -0.3 is 5.32 Å². The second kappa shape index (κ2) is 6.29. The molecule has 1 N–H and O–H groups in total. The largest absolute Gasteiger partial charge is 0.359 e. The lowest BCUT2D eigenvalue weighted by molar-refractivity contribution is 0.951. The van der Waals surface area contributed by atoms with Gasteiger partial charge in [0.2, 0.25) is 0 Å². The van der Waals surface area contributed by atoms with Gasteiger partial charge in [-0.15, -0.1) is 0 Å². The number of allylic oxidation sites excluding steroid dienone is 3. The molecule has 0 aliphatic rings. The molecule has 2 heteroatoms. The molecule has 0 amide bonds. The van der Waals surface area contributed by atoms with Gasteiger partial charge in [-0.05, 0) is 19.4 Å². The predicted octanol–water partition coefficient (Wildman–Crippen LogP) is 3.39. The van der Waals surface area contributed by atoms with Crippen molar-refractivity contribution in [2.45, 2.75) is 24.2 Å². The average Bonchev–Trinajstić information content (AvgIpc) is 2.00. The molecule has 0 heterocycles. The molecule has 0 rings (SSSR count). The highest BCUT2D eigenvalue weighted by molar-refractivity contribution is 14.1. The first-order valence-corrected chi connectivity index (χ1v) is 5.27. The topological polar surface area (TPSA) is 12.0 Å². The minimum Gasteiger partial charge on any atom is -0.359 e. The fourth-order valence-electron chi connectivity index (χ4n) is 0.607. The van der Waals surface area contributed by atoms with Crippen LogP contribution in [0.1, 0.15) is 20.3 Å². The van der Waals surface area contributed by atoms with Gasteiger partial charge in [0.15, 0.2) is 0 Å². The Balaban J connectivity index is 3.85. The summed E-state index contributed by atoms with van der Waals surface area (Å²) in [5, 5.41) is 3.13. The van der Waals surface area contributed by atoms with Gasteiger partial charge >= 0.3 is 0 Å². The molecule has 0 aromatic carbocycles. The van der Waals surface area contributed by atoms with Gasteiger partial charge in [0.1, 0.15) is 0 Å². The Bertz CT molecular complexity index is 192. The van der Waals surface area contributed by atoms with Crippen LogP contribution < -0.4 is 5.32 Å². The number of hydrogen-bond donors (Lipinski definition) is 1. The second-order valence-electron chi connectivity index (χ2n) is 2.60. The van der Waals surface area contributed by atoms with Crippen LogP contribution in [0.2, 0.25) is 0 Å². The smallest absolute Gasteiger partial charge is 0.0476 e. The predicted molar refractivity (Wildman–Crippen MR) is 64.3 cm³/mol. The molecule has 0 aromatic heterocycles. The van der Waals surface area contributed by atoms with E-state index in [1.165, 1.54) is 0 Å². The Morgan fingerprint density at radius 2 is 2.17 bits per heavy atom. The first-order chi connectivity index (χ1) is 5.57. The van der Waals surface area contributed by atoms with E-state index >= 15 is 0 Å². The van der Waals surface area contributed by atoms with Crippen LogP contribution in [-0.2, 0) is 0 Å². The van der Waals surface area contributed by atoms with E-state index in [1.54, 1.807) is 0 Å². The van der Waals surface area contributed by atoms with Crippen LogP contribution in [0.4, 0.5) is 0 Å². The molecular formula is C10H16IN. The van der Waals surface area contributed by atoms with Crippen molar-refractivity contribution in [2.75, 3.05) is 0 Å². The van der Waals surface area contributed by atoms with Crippen molar-refractivity contribution in [1.29, 1.82) is 0 Å². The molecule has 0 unspecified atom stereocenters. The molecule has 0 saturated heterocycles. The van der Waals surface area contributed by atoms with Crippen LogP contribution in [0.25, 0.3) is 0 Å². The molecule has 0 aliphatic carbocycles. The highest BCUT2D eigenvalue weighted by Crippen LogP contribution is 2.08. The Morgan fingerprint density at radius 1 is 1.58 bits per heavy atom. The monoisotopic (exact) mass is 277 g/mol. The summed E-state index contributed by atoms with van der Waals surface area (Å²) >= 11 is 2.31. The van der Waals surface area contributed by atoms with Gasteiger partial charge in [-0.3, -0.25) is 0 Å². The highest BCUT2D eigenvalue weighted by atomic mass is 127. The fraction of sp³-hybridized carbons (Fsp3) is 0.400. The molecule has 0 fully saturated rings. The van der Waals surface area contributed by atoms with E-state index in [-0.39, 0.29) is 0 Å². The highest BCUT2D eigenvalue weighted by Gasteiger charge is 1.99. The van der Waals surface area contributed by atoms with E-state index in [1.807, 2.05) is 6.08 Å². The zero-order valence-electron chi connectivity index (χ0n) is 7.73. The van der Waals surface area contributed by atoms with Gasteiger partial charge in [-0.2, -0.15) is 0 Å². The molecular weight excluding hydrogens is 261 g/mol.